The summed E-state index contributed by atoms with van der Waals surface area (Å²) in [4.78, 5) is 0. The maximum Gasteiger partial charge on any atom is 0.122 e. The number of benzene rings is 1. The van der Waals surface area contributed by atoms with Crippen molar-refractivity contribution in [2.24, 2.45) is 5.73 Å². The molecule has 1 aromatic rings. The Hall–Kier alpha value is -1.10. The molecule has 0 aliphatic carbocycles. The third-order valence-corrected chi connectivity index (χ3v) is 3.27. The Morgan fingerprint density at radius 1 is 1.10 bits per heavy atom. The quantitative estimate of drug-likeness (QED) is 0.686. The summed E-state index contributed by atoms with van der Waals surface area (Å²) in [6.07, 6.45) is 0. The molecule has 21 heavy (non-hydrogen) atoms. The molecular weight excluding hydrogens is 264 g/mol. The maximum atomic E-state index is 5.77. The van der Waals surface area contributed by atoms with Crippen molar-refractivity contribution in [1.29, 1.82) is 0 Å². The van der Waals surface area contributed by atoms with E-state index in [1.165, 1.54) is 11.1 Å². The minimum absolute atomic E-state index is 0.170. The van der Waals surface area contributed by atoms with E-state index in [2.05, 4.69) is 51.2 Å². The fourth-order valence-electron chi connectivity index (χ4n) is 1.96. The van der Waals surface area contributed by atoms with Crippen LogP contribution >= 0.6 is 0 Å². The van der Waals surface area contributed by atoms with Crippen LogP contribution in [-0.2, 0) is 10.2 Å². The Labute approximate surface area is 129 Å². The van der Waals surface area contributed by atoms with E-state index < -0.39 is 0 Å². The first-order valence-electron chi connectivity index (χ1n) is 7.67. The zero-order chi connectivity index (χ0) is 15.7. The van der Waals surface area contributed by atoms with Gasteiger partial charge in [-0.25, -0.2) is 0 Å². The number of hydrogen-bond acceptors (Lipinski definition) is 4. The number of hydrogen-bond donors (Lipinski definition) is 2. The Morgan fingerprint density at radius 2 is 1.86 bits per heavy atom. The minimum Gasteiger partial charge on any atom is -0.491 e. The molecule has 3 N–H and O–H groups in total. The van der Waals surface area contributed by atoms with E-state index >= 15 is 0 Å². The Morgan fingerprint density at radius 3 is 2.48 bits per heavy atom. The lowest BCUT2D eigenvalue weighted by Gasteiger charge is -2.20. The van der Waals surface area contributed by atoms with Crippen LogP contribution in [0, 0.1) is 6.92 Å². The third kappa shape index (κ3) is 6.93. The van der Waals surface area contributed by atoms with E-state index in [1.54, 1.807) is 0 Å². The number of nitrogens with one attached hydrogen (secondary N) is 1. The fourth-order valence-corrected chi connectivity index (χ4v) is 1.96. The van der Waals surface area contributed by atoms with Crippen LogP contribution in [0.1, 0.15) is 31.9 Å². The molecule has 0 aromatic heterocycles. The highest BCUT2D eigenvalue weighted by molar-refractivity contribution is 5.38. The molecule has 0 fully saturated rings. The van der Waals surface area contributed by atoms with Gasteiger partial charge in [0, 0.05) is 19.6 Å². The van der Waals surface area contributed by atoms with Gasteiger partial charge in [0.15, 0.2) is 0 Å². The average Bonchev–Trinajstić information content (AvgIpc) is 2.42. The van der Waals surface area contributed by atoms with Crippen LogP contribution in [0.2, 0.25) is 0 Å². The van der Waals surface area contributed by atoms with Gasteiger partial charge in [-0.1, -0.05) is 32.9 Å². The molecular formula is C17H30N2O2. The average molecular weight is 294 g/mol. The summed E-state index contributed by atoms with van der Waals surface area (Å²) in [5, 5.41) is 3.18. The van der Waals surface area contributed by atoms with E-state index in [9.17, 15) is 0 Å². The molecule has 0 atom stereocenters. The van der Waals surface area contributed by atoms with Crippen molar-refractivity contribution in [2.75, 3.05) is 39.5 Å². The van der Waals surface area contributed by atoms with Gasteiger partial charge < -0.3 is 20.5 Å². The zero-order valence-corrected chi connectivity index (χ0v) is 13.9. The summed E-state index contributed by atoms with van der Waals surface area (Å²) in [5.74, 6) is 0.938. The van der Waals surface area contributed by atoms with Crippen LogP contribution in [0.3, 0.4) is 0 Å². The topological polar surface area (TPSA) is 56.5 Å². The van der Waals surface area contributed by atoms with Crippen molar-refractivity contribution < 1.29 is 9.47 Å². The summed E-state index contributed by atoms with van der Waals surface area (Å²) < 4.78 is 11.3. The van der Waals surface area contributed by atoms with Gasteiger partial charge in [-0.15, -0.1) is 0 Å². The van der Waals surface area contributed by atoms with E-state index in [0.29, 0.717) is 26.4 Å². The van der Waals surface area contributed by atoms with E-state index in [-0.39, 0.29) is 5.41 Å². The van der Waals surface area contributed by atoms with Gasteiger partial charge in [0.05, 0.1) is 13.2 Å². The highest BCUT2D eigenvalue weighted by atomic mass is 16.5. The van der Waals surface area contributed by atoms with Crippen molar-refractivity contribution in [3.05, 3.63) is 29.3 Å². The molecule has 120 valence electrons. The van der Waals surface area contributed by atoms with Crippen molar-refractivity contribution in [3.63, 3.8) is 0 Å². The van der Waals surface area contributed by atoms with Crippen LogP contribution < -0.4 is 15.8 Å². The molecule has 0 amide bonds. The highest BCUT2D eigenvalue weighted by Gasteiger charge is 2.14. The highest BCUT2D eigenvalue weighted by Crippen LogP contribution is 2.27. The molecule has 0 aliphatic heterocycles. The Bertz CT molecular complexity index is 414. The van der Waals surface area contributed by atoms with Crippen molar-refractivity contribution in [2.45, 2.75) is 33.1 Å². The second kappa shape index (κ2) is 9.03. The normalized spacial score (nSPS) is 11.7. The lowest BCUT2D eigenvalue weighted by atomic mass is 9.86. The predicted octanol–water partition coefficient (Wildman–Crippen LogP) is 2.24. The zero-order valence-electron chi connectivity index (χ0n) is 13.9. The monoisotopic (exact) mass is 294 g/mol. The number of nitrogens with two attached hydrogens (primary N) is 1. The van der Waals surface area contributed by atoms with Crippen LogP contribution in [-0.4, -0.2) is 39.5 Å². The smallest absolute Gasteiger partial charge is 0.122 e. The predicted molar refractivity (Wildman–Crippen MR) is 88.1 cm³/mol. The summed E-state index contributed by atoms with van der Waals surface area (Å²) in [7, 11) is 0. The summed E-state index contributed by atoms with van der Waals surface area (Å²) in [6.45, 7) is 12.9. The van der Waals surface area contributed by atoms with Gasteiger partial charge in [0.1, 0.15) is 12.4 Å². The van der Waals surface area contributed by atoms with E-state index in [1.807, 2.05) is 0 Å². The number of ether oxygens (including phenoxy) is 2. The lowest BCUT2D eigenvalue weighted by Crippen LogP contribution is -2.26. The van der Waals surface area contributed by atoms with Crippen LogP contribution in [0.15, 0.2) is 18.2 Å². The van der Waals surface area contributed by atoms with Gasteiger partial charge in [0.25, 0.3) is 0 Å². The first-order valence-corrected chi connectivity index (χ1v) is 7.67. The second-order valence-corrected chi connectivity index (χ2v) is 6.23. The fraction of sp³-hybridized carbons (Fsp3) is 0.647. The Kier molecular flexibility index (Phi) is 7.72. The first kappa shape index (κ1) is 18.0. The minimum atomic E-state index is 0.170. The standard InChI is InChI=1S/C17H30N2O2/c1-14-13-15(17(2,3)4)5-6-16(14)21-12-11-20-10-9-19-8-7-18/h5-6,13,19H,7-12,18H2,1-4H3. The molecule has 0 saturated carbocycles. The molecule has 0 aliphatic rings. The second-order valence-electron chi connectivity index (χ2n) is 6.23. The molecule has 4 nitrogen and oxygen atoms in total. The number of aryl methyl sites for hydroxylation is 1. The molecule has 4 heteroatoms. The molecule has 0 bridgehead atoms. The molecule has 0 saturated heterocycles. The first-order chi connectivity index (χ1) is 9.95. The number of rotatable bonds is 9. The molecule has 1 rings (SSSR count). The molecule has 1 aromatic carbocycles. The van der Waals surface area contributed by atoms with E-state index in [4.69, 9.17) is 15.2 Å². The SMILES string of the molecule is Cc1cc(C(C)(C)C)ccc1OCCOCCNCCN. The maximum absolute atomic E-state index is 5.77. The van der Waals surface area contributed by atoms with E-state index in [0.717, 1.165) is 18.8 Å². The van der Waals surface area contributed by atoms with Gasteiger partial charge in [0.2, 0.25) is 0 Å². The largest absolute Gasteiger partial charge is 0.491 e. The third-order valence-electron chi connectivity index (χ3n) is 3.27. The summed E-state index contributed by atoms with van der Waals surface area (Å²) in [6, 6.07) is 6.39. The van der Waals surface area contributed by atoms with Crippen molar-refractivity contribution >= 4 is 0 Å². The van der Waals surface area contributed by atoms with Crippen LogP contribution in [0.5, 0.6) is 5.75 Å². The van der Waals surface area contributed by atoms with Crippen LogP contribution in [0.4, 0.5) is 0 Å². The Balaban J connectivity index is 2.27. The van der Waals surface area contributed by atoms with Gasteiger partial charge in [-0.3, -0.25) is 0 Å². The molecule has 0 unspecified atom stereocenters. The van der Waals surface area contributed by atoms with Crippen molar-refractivity contribution in [1.82, 2.24) is 5.32 Å². The van der Waals surface area contributed by atoms with Gasteiger partial charge in [-0.05, 0) is 29.5 Å². The van der Waals surface area contributed by atoms with Gasteiger partial charge in [-0.2, -0.15) is 0 Å². The molecule has 0 radical (unpaired) electrons. The van der Waals surface area contributed by atoms with Crippen molar-refractivity contribution in [3.8, 4) is 5.75 Å². The summed E-state index contributed by atoms with van der Waals surface area (Å²) >= 11 is 0. The molecule has 0 spiro atoms. The lowest BCUT2D eigenvalue weighted by molar-refractivity contribution is 0.102. The van der Waals surface area contributed by atoms with Gasteiger partial charge >= 0.3 is 0 Å². The van der Waals surface area contributed by atoms with Crippen LogP contribution in [0.25, 0.3) is 0 Å². The molecule has 0 heterocycles. The summed E-state index contributed by atoms with van der Waals surface area (Å²) in [5.41, 5.74) is 8.05.